The van der Waals surface area contributed by atoms with Crippen molar-refractivity contribution in [2.45, 2.75) is 13.0 Å². The van der Waals surface area contributed by atoms with E-state index in [1.54, 1.807) is 30.5 Å². The Labute approximate surface area is 108 Å². The number of hydrogen-bond acceptors (Lipinski definition) is 4. The van der Waals surface area contributed by atoms with Crippen molar-refractivity contribution in [2.24, 2.45) is 0 Å². The van der Waals surface area contributed by atoms with Crippen molar-refractivity contribution in [3.8, 4) is 0 Å². The van der Waals surface area contributed by atoms with E-state index in [0.29, 0.717) is 10.7 Å². The van der Waals surface area contributed by atoms with E-state index in [2.05, 4.69) is 10.3 Å². The Bertz CT molecular complexity index is 570. The molecule has 1 amide bonds. The summed E-state index contributed by atoms with van der Waals surface area (Å²) in [6, 6.07) is 5.90. The minimum atomic E-state index is -0.429. The van der Waals surface area contributed by atoms with Crippen molar-refractivity contribution in [2.75, 3.05) is 5.73 Å². The molecule has 0 aliphatic carbocycles. The van der Waals surface area contributed by atoms with Gasteiger partial charge in [-0.05, 0) is 13.0 Å². The van der Waals surface area contributed by atoms with Crippen LogP contribution in [0.5, 0.6) is 0 Å². The van der Waals surface area contributed by atoms with E-state index in [1.165, 1.54) is 17.4 Å². The molecule has 0 saturated carbocycles. The Morgan fingerprint density at radius 3 is 2.83 bits per heavy atom. The number of aromatic nitrogens is 1. The van der Waals surface area contributed by atoms with E-state index in [4.69, 9.17) is 5.73 Å². The Kier molecular flexibility index (Phi) is 3.57. The van der Waals surface area contributed by atoms with Crippen LogP contribution in [-0.2, 0) is 0 Å². The predicted molar refractivity (Wildman–Crippen MR) is 68.8 cm³/mol. The minimum absolute atomic E-state index is 0.251. The highest BCUT2D eigenvalue weighted by Gasteiger charge is 2.16. The molecule has 6 heteroatoms. The number of nitrogen functional groups attached to an aromatic ring is 1. The number of thiazole rings is 1. The molecule has 1 aromatic carbocycles. The molecule has 0 spiro atoms. The highest BCUT2D eigenvalue weighted by atomic mass is 32.1. The average molecular weight is 265 g/mol. The van der Waals surface area contributed by atoms with Crippen LogP contribution in [0.3, 0.4) is 0 Å². The number of benzene rings is 1. The second-order valence-corrected chi connectivity index (χ2v) is 4.68. The van der Waals surface area contributed by atoms with Crippen molar-refractivity contribution in [3.63, 3.8) is 0 Å². The van der Waals surface area contributed by atoms with Crippen molar-refractivity contribution in [3.05, 3.63) is 46.7 Å². The maximum Gasteiger partial charge on any atom is 0.271 e. The maximum absolute atomic E-state index is 13.5. The van der Waals surface area contributed by atoms with Gasteiger partial charge < -0.3 is 11.1 Å². The van der Waals surface area contributed by atoms with Crippen molar-refractivity contribution in [1.82, 2.24) is 10.3 Å². The van der Waals surface area contributed by atoms with E-state index < -0.39 is 6.04 Å². The number of amides is 1. The van der Waals surface area contributed by atoms with Crippen LogP contribution in [0, 0.1) is 5.82 Å². The van der Waals surface area contributed by atoms with E-state index >= 15 is 0 Å². The SMILES string of the molecule is C[C@@H](NC(=O)c1csc(N)n1)c1ccccc1F. The van der Waals surface area contributed by atoms with Crippen LogP contribution in [0.1, 0.15) is 29.0 Å². The third-order valence-corrected chi connectivity index (χ3v) is 3.15. The van der Waals surface area contributed by atoms with Gasteiger partial charge >= 0.3 is 0 Å². The maximum atomic E-state index is 13.5. The third kappa shape index (κ3) is 2.65. The summed E-state index contributed by atoms with van der Waals surface area (Å²) in [5.74, 6) is -0.707. The van der Waals surface area contributed by atoms with Crippen LogP contribution in [0.2, 0.25) is 0 Å². The Morgan fingerprint density at radius 1 is 1.50 bits per heavy atom. The smallest absolute Gasteiger partial charge is 0.271 e. The Morgan fingerprint density at radius 2 is 2.22 bits per heavy atom. The lowest BCUT2D eigenvalue weighted by molar-refractivity contribution is 0.0935. The van der Waals surface area contributed by atoms with Gasteiger partial charge in [0.15, 0.2) is 5.13 Å². The van der Waals surface area contributed by atoms with Crippen molar-refractivity contribution in [1.29, 1.82) is 0 Å². The second-order valence-electron chi connectivity index (χ2n) is 3.79. The van der Waals surface area contributed by atoms with Crippen LogP contribution < -0.4 is 11.1 Å². The standard InChI is InChI=1S/C12H12FN3OS/c1-7(8-4-2-3-5-9(8)13)15-11(17)10-6-18-12(14)16-10/h2-7H,1H3,(H2,14,16)(H,15,17)/t7-/m1/s1. The molecule has 2 rings (SSSR count). The fourth-order valence-corrected chi connectivity index (χ4v) is 2.11. The summed E-state index contributed by atoms with van der Waals surface area (Å²) in [4.78, 5) is 15.7. The average Bonchev–Trinajstić information content (AvgIpc) is 2.76. The van der Waals surface area contributed by atoms with Gasteiger partial charge in [0.2, 0.25) is 0 Å². The molecule has 0 aliphatic rings. The molecule has 4 nitrogen and oxygen atoms in total. The van der Waals surface area contributed by atoms with Gasteiger partial charge in [-0.25, -0.2) is 9.37 Å². The zero-order valence-electron chi connectivity index (χ0n) is 9.68. The number of carbonyl (C=O) groups excluding carboxylic acids is 1. The molecule has 1 atom stereocenters. The molecule has 0 bridgehead atoms. The van der Waals surface area contributed by atoms with Gasteiger partial charge in [-0.15, -0.1) is 11.3 Å². The molecule has 2 aromatic rings. The van der Waals surface area contributed by atoms with Crippen LogP contribution in [0.25, 0.3) is 0 Å². The van der Waals surface area contributed by atoms with Gasteiger partial charge in [0.05, 0.1) is 6.04 Å². The number of halogens is 1. The molecule has 18 heavy (non-hydrogen) atoms. The van der Waals surface area contributed by atoms with Gasteiger partial charge in [-0.2, -0.15) is 0 Å². The molecular weight excluding hydrogens is 253 g/mol. The Hall–Kier alpha value is -1.95. The quantitative estimate of drug-likeness (QED) is 0.895. The monoisotopic (exact) mass is 265 g/mol. The van der Waals surface area contributed by atoms with Gasteiger partial charge in [-0.3, -0.25) is 4.79 Å². The lowest BCUT2D eigenvalue weighted by atomic mass is 10.1. The molecule has 0 radical (unpaired) electrons. The first-order valence-electron chi connectivity index (χ1n) is 5.34. The van der Waals surface area contributed by atoms with Gasteiger partial charge in [0.25, 0.3) is 5.91 Å². The van der Waals surface area contributed by atoms with Gasteiger partial charge in [0.1, 0.15) is 11.5 Å². The molecule has 0 aliphatic heterocycles. The first-order chi connectivity index (χ1) is 8.58. The summed E-state index contributed by atoms with van der Waals surface area (Å²) < 4.78 is 13.5. The summed E-state index contributed by atoms with van der Waals surface area (Å²) in [6.45, 7) is 1.71. The van der Waals surface area contributed by atoms with Gasteiger partial charge in [0, 0.05) is 10.9 Å². The lowest BCUT2D eigenvalue weighted by Crippen LogP contribution is -2.27. The predicted octanol–water partition coefficient (Wildman–Crippen LogP) is 2.36. The number of nitrogens with one attached hydrogen (secondary N) is 1. The van der Waals surface area contributed by atoms with Crippen LogP contribution in [-0.4, -0.2) is 10.9 Å². The van der Waals surface area contributed by atoms with Gasteiger partial charge in [-0.1, -0.05) is 18.2 Å². The molecule has 3 N–H and O–H groups in total. The van der Waals surface area contributed by atoms with E-state index in [-0.39, 0.29) is 17.4 Å². The highest BCUT2D eigenvalue weighted by Crippen LogP contribution is 2.17. The van der Waals surface area contributed by atoms with Crippen LogP contribution in [0.4, 0.5) is 9.52 Å². The second kappa shape index (κ2) is 5.14. The van der Waals surface area contributed by atoms with Crippen LogP contribution >= 0.6 is 11.3 Å². The summed E-state index contributed by atoms with van der Waals surface area (Å²) >= 11 is 1.19. The normalized spacial score (nSPS) is 12.1. The number of nitrogens with zero attached hydrogens (tertiary/aromatic N) is 1. The number of anilines is 1. The Balaban J connectivity index is 2.10. The molecule has 1 heterocycles. The molecule has 0 saturated heterocycles. The third-order valence-electron chi connectivity index (χ3n) is 2.47. The molecular formula is C12H12FN3OS. The van der Waals surface area contributed by atoms with Crippen LogP contribution in [0.15, 0.2) is 29.6 Å². The summed E-state index contributed by atoms with van der Waals surface area (Å²) in [6.07, 6.45) is 0. The van der Waals surface area contributed by atoms with E-state index in [9.17, 15) is 9.18 Å². The zero-order valence-corrected chi connectivity index (χ0v) is 10.5. The summed E-state index contributed by atoms with van der Waals surface area (Å²) in [5.41, 5.74) is 6.14. The molecule has 0 unspecified atom stereocenters. The fourth-order valence-electron chi connectivity index (χ4n) is 1.57. The van der Waals surface area contributed by atoms with E-state index in [0.717, 1.165) is 0 Å². The topological polar surface area (TPSA) is 68.0 Å². The molecule has 0 fully saturated rings. The number of hydrogen-bond donors (Lipinski definition) is 2. The number of rotatable bonds is 3. The lowest BCUT2D eigenvalue weighted by Gasteiger charge is -2.14. The first kappa shape index (κ1) is 12.5. The fraction of sp³-hybridized carbons (Fsp3) is 0.167. The number of carbonyl (C=O) groups is 1. The van der Waals surface area contributed by atoms with Crippen molar-refractivity contribution >= 4 is 22.4 Å². The largest absolute Gasteiger partial charge is 0.375 e. The minimum Gasteiger partial charge on any atom is -0.375 e. The molecule has 1 aromatic heterocycles. The van der Waals surface area contributed by atoms with E-state index in [1.807, 2.05) is 0 Å². The summed E-state index contributed by atoms with van der Waals surface area (Å²) in [5, 5.41) is 4.58. The first-order valence-corrected chi connectivity index (χ1v) is 6.22. The summed E-state index contributed by atoms with van der Waals surface area (Å²) in [7, 11) is 0. The molecule has 94 valence electrons. The van der Waals surface area contributed by atoms with Crippen molar-refractivity contribution < 1.29 is 9.18 Å². The number of nitrogens with two attached hydrogens (primary N) is 1. The zero-order chi connectivity index (χ0) is 13.1. The highest BCUT2D eigenvalue weighted by molar-refractivity contribution is 7.13.